The van der Waals surface area contributed by atoms with Crippen LogP contribution in [-0.2, 0) is 13.0 Å². The average molecular weight is 444 g/mol. The number of nitrogens with one attached hydrogen (secondary N) is 2. The van der Waals surface area contributed by atoms with Crippen LogP contribution < -0.4 is 21.1 Å². The predicted molar refractivity (Wildman–Crippen MR) is 124 cm³/mol. The Morgan fingerprint density at radius 1 is 1.21 bits per heavy atom. The van der Waals surface area contributed by atoms with Crippen molar-refractivity contribution in [1.82, 2.24) is 20.1 Å². The van der Waals surface area contributed by atoms with Crippen molar-refractivity contribution >= 4 is 29.0 Å². The van der Waals surface area contributed by atoms with E-state index >= 15 is 0 Å². The average Bonchev–Trinajstić information content (AvgIpc) is 2.83. The molecule has 0 saturated heterocycles. The Bertz CT molecular complexity index is 1240. The summed E-state index contributed by atoms with van der Waals surface area (Å²) in [4.78, 5) is 18.7. The van der Waals surface area contributed by atoms with Crippen LogP contribution in [0.2, 0.25) is 0 Å². The van der Waals surface area contributed by atoms with Gasteiger partial charge in [0.05, 0.1) is 24.0 Å². The summed E-state index contributed by atoms with van der Waals surface area (Å²) in [5.74, 6) is 0.116. The van der Waals surface area contributed by atoms with Gasteiger partial charge in [-0.15, -0.1) is 10.2 Å². The second-order valence-corrected chi connectivity index (χ2v) is 7.54. The highest BCUT2D eigenvalue weighted by molar-refractivity contribution is 5.96. The first-order valence-electron chi connectivity index (χ1n) is 10.5. The largest absolute Gasteiger partial charge is 0.495 e. The summed E-state index contributed by atoms with van der Waals surface area (Å²) < 4.78 is 5.58. The van der Waals surface area contributed by atoms with Gasteiger partial charge in [0.25, 0.3) is 5.91 Å². The molecule has 0 fully saturated rings. The molecule has 4 rings (SSSR count). The monoisotopic (exact) mass is 444 g/mol. The summed E-state index contributed by atoms with van der Waals surface area (Å²) in [5.41, 5.74) is 9.32. The first-order valence-corrected chi connectivity index (χ1v) is 10.5. The SMILES string of the molecule is CCN1CCc2cc(OC)c(Nc3nnc(C(N)=O)c(Nc4ccccc4C#N)n3)cc2C1. The molecule has 0 unspecified atom stereocenters. The molecule has 2 heterocycles. The molecule has 1 aliphatic rings. The Morgan fingerprint density at radius 3 is 2.76 bits per heavy atom. The second-order valence-electron chi connectivity index (χ2n) is 7.54. The summed E-state index contributed by atoms with van der Waals surface area (Å²) in [5, 5.41) is 23.4. The van der Waals surface area contributed by atoms with Crippen LogP contribution in [0.4, 0.5) is 23.1 Å². The minimum Gasteiger partial charge on any atom is -0.495 e. The Kier molecular flexibility index (Phi) is 6.33. The molecule has 0 spiro atoms. The summed E-state index contributed by atoms with van der Waals surface area (Å²) in [6.45, 7) is 4.99. The van der Waals surface area contributed by atoms with E-state index in [0.29, 0.717) is 22.7 Å². The number of para-hydroxylation sites is 1. The molecule has 0 atom stereocenters. The Labute approximate surface area is 191 Å². The number of nitriles is 1. The number of carbonyl (C=O) groups excluding carboxylic acids is 1. The number of carbonyl (C=O) groups is 1. The molecular weight excluding hydrogens is 420 g/mol. The van der Waals surface area contributed by atoms with Crippen molar-refractivity contribution in [3.05, 3.63) is 58.8 Å². The van der Waals surface area contributed by atoms with E-state index in [-0.39, 0.29) is 17.5 Å². The van der Waals surface area contributed by atoms with E-state index in [2.05, 4.69) is 43.7 Å². The molecule has 10 heteroatoms. The van der Waals surface area contributed by atoms with E-state index < -0.39 is 5.91 Å². The van der Waals surface area contributed by atoms with Gasteiger partial charge in [0.1, 0.15) is 11.8 Å². The number of amides is 1. The lowest BCUT2D eigenvalue weighted by atomic mass is 9.98. The number of methoxy groups -OCH3 is 1. The standard InChI is InChI=1S/C23H24N8O2/c1-3-31-9-8-14-11-19(33-2)18(10-16(14)13-31)27-23-28-22(20(21(25)32)29-30-23)26-17-7-5-4-6-15(17)12-24/h4-7,10-11H,3,8-9,13H2,1-2H3,(H2,25,32)(H2,26,27,28,30). The zero-order chi connectivity index (χ0) is 23.4. The van der Waals surface area contributed by atoms with Crippen LogP contribution in [0.1, 0.15) is 34.1 Å². The molecule has 10 nitrogen and oxygen atoms in total. The lowest BCUT2D eigenvalue weighted by molar-refractivity contribution is 0.0995. The van der Waals surface area contributed by atoms with Crippen LogP contribution in [0.5, 0.6) is 5.75 Å². The molecule has 1 aromatic heterocycles. The highest BCUT2D eigenvalue weighted by atomic mass is 16.5. The number of likely N-dealkylation sites (N-methyl/N-ethyl adjacent to an activating group) is 1. The summed E-state index contributed by atoms with van der Waals surface area (Å²) in [6, 6.07) is 13.0. The third-order valence-electron chi connectivity index (χ3n) is 5.53. The second kappa shape index (κ2) is 9.50. The van der Waals surface area contributed by atoms with Crippen LogP contribution in [0.3, 0.4) is 0 Å². The van der Waals surface area contributed by atoms with Gasteiger partial charge >= 0.3 is 0 Å². The summed E-state index contributed by atoms with van der Waals surface area (Å²) in [6.07, 6.45) is 0.956. The number of primary amides is 1. The molecule has 0 saturated carbocycles. The number of anilines is 4. The maximum Gasteiger partial charge on any atom is 0.273 e. The van der Waals surface area contributed by atoms with Crippen molar-refractivity contribution in [2.45, 2.75) is 19.9 Å². The van der Waals surface area contributed by atoms with E-state index in [1.165, 1.54) is 11.1 Å². The number of aromatic nitrogens is 3. The van der Waals surface area contributed by atoms with Crippen molar-refractivity contribution in [2.75, 3.05) is 30.8 Å². The fraction of sp³-hybridized carbons (Fsp3) is 0.261. The molecule has 1 aliphatic heterocycles. The van der Waals surface area contributed by atoms with Crippen molar-refractivity contribution in [2.24, 2.45) is 5.73 Å². The minimum absolute atomic E-state index is 0.0942. The molecule has 0 aliphatic carbocycles. The van der Waals surface area contributed by atoms with Gasteiger partial charge in [-0.1, -0.05) is 19.1 Å². The van der Waals surface area contributed by atoms with E-state index in [9.17, 15) is 10.1 Å². The van der Waals surface area contributed by atoms with Gasteiger partial charge in [-0.3, -0.25) is 9.69 Å². The van der Waals surface area contributed by atoms with Gasteiger partial charge in [0, 0.05) is 13.1 Å². The van der Waals surface area contributed by atoms with Gasteiger partial charge in [0.15, 0.2) is 11.5 Å². The number of rotatable bonds is 7. The highest BCUT2D eigenvalue weighted by Gasteiger charge is 2.20. The summed E-state index contributed by atoms with van der Waals surface area (Å²) in [7, 11) is 1.61. The lowest BCUT2D eigenvalue weighted by Gasteiger charge is -2.28. The molecule has 33 heavy (non-hydrogen) atoms. The lowest BCUT2D eigenvalue weighted by Crippen LogP contribution is -2.30. The number of fused-ring (bicyclic) bond motifs is 1. The van der Waals surface area contributed by atoms with Gasteiger partial charge in [-0.2, -0.15) is 10.2 Å². The topological polar surface area (TPSA) is 142 Å². The van der Waals surface area contributed by atoms with Crippen LogP contribution >= 0.6 is 0 Å². The fourth-order valence-corrected chi connectivity index (χ4v) is 3.75. The third-order valence-corrected chi connectivity index (χ3v) is 5.53. The summed E-state index contributed by atoms with van der Waals surface area (Å²) >= 11 is 0. The first kappa shape index (κ1) is 22.0. The van der Waals surface area contributed by atoms with Crippen LogP contribution in [0.25, 0.3) is 0 Å². The van der Waals surface area contributed by atoms with E-state index in [1.54, 1.807) is 31.4 Å². The highest BCUT2D eigenvalue weighted by Crippen LogP contribution is 2.33. The third kappa shape index (κ3) is 4.68. The van der Waals surface area contributed by atoms with Crippen molar-refractivity contribution in [3.8, 4) is 11.8 Å². The van der Waals surface area contributed by atoms with Gasteiger partial charge in [-0.05, 0) is 48.4 Å². The normalized spacial score (nSPS) is 13.0. The van der Waals surface area contributed by atoms with Crippen molar-refractivity contribution in [1.29, 1.82) is 5.26 Å². The predicted octanol–water partition coefficient (Wildman–Crippen LogP) is 2.72. The van der Waals surface area contributed by atoms with Crippen LogP contribution in [0, 0.1) is 11.3 Å². The van der Waals surface area contributed by atoms with Crippen LogP contribution in [0.15, 0.2) is 36.4 Å². The molecule has 1 amide bonds. The first-order chi connectivity index (χ1) is 16.0. The van der Waals surface area contributed by atoms with Gasteiger partial charge < -0.3 is 21.1 Å². The van der Waals surface area contributed by atoms with E-state index in [4.69, 9.17) is 10.5 Å². The Hall–Kier alpha value is -4.23. The Morgan fingerprint density at radius 2 is 2.03 bits per heavy atom. The molecule has 2 aromatic carbocycles. The fourth-order valence-electron chi connectivity index (χ4n) is 3.75. The molecule has 0 bridgehead atoms. The molecule has 3 aromatic rings. The quantitative estimate of drug-likeness (QED) is 0.501. The van der Waals surface area contributed by atoms with Gasteiger partial charge in [0.2, 0.25) is 5.95 Å². The van der Waals surface area contributed by atoms with Gasteiger partial charge in [-0.25, -0.2) is 0 Å². The van der Waals surface area contributed by atoms with Crippen molar-refractivity contribution < 1.29 is 9.53 Å². The van der Waals surface area contributed by atoms with E-state index in [1.807, 2.05) is 12.1 Å². The maximum atomic E-state index is 11.9. The number of hydrogen-bond donors (Lipinski definition) is 3. The number of nitrogens with two attached hydrogens (primary N) is 1. The van der Waals surface area contributed by atoms with Crippen molar-refractivity contribution in [3.63, 3.8) is 0 Å². The Balaban J connectivity index is 1.68. The minimum atomic E-state index is -0.787. The number of nitrogens with zero attached hydrogens (tertiary/aromatic N) is 5. The zero-order valence-electron chi connectivity index (χ0n) is 18.4. The number of ether oxygens (including phenoxy) is 1. The molecule has 168 valence electrons. The number of hydrogen-bond acceptors (Lipinski definition) is 9. The molecular formula is C23H24N8O2. The van der Waals surface area contributed by atoms with Crippen LogP contribution in [-0.4, -0.2) is 46.2 Å². The molecule has 4 N–H and O–H groups in total. The molecule has 0 radical (unpaired) electrons. The number of benzene rings is 2. The van der Waals surface area contributed by atoms with E-state index in [0.717, 1.165) is 26.1 Å². The maximum absolute atomic E-state index is 11.9. The zero-order valence-corrected chi connectivity index (χ0v) is 18.4. The smallest absolute Gasteiger partial charge is 0.273 e.